The molecule has 0 rings (SSSR count). The molecule has 0 aromatic rings. The molecular formula is C4H9AlI2. The Morgan fingerprint density at radius 1 is 1.29 bits per heavy atom. The summed E-state index contributed by atoms with van der Waals surface area (Å²) < 4.78 is 0. The Kier molecular flexibility index (Phi) is 35.8. The molecule has 0 aliphatic heterocycles. The average Bonchev–Trinajstić information content (AvgIpc) is 1.41. The first-order chi connectivity index (χ1) is 2.41. The van der Waals surface area contributed by atoms with E-state index in [2.05, 4.69) is 23.2 Å². The summed E-state index contributed by atoms with van der Waals surface area (Å²) in [6, 6.07) is 0. The molecule has 0 amide bonds. The van der Waals surface area contributed by atoms with Gasteiger partial charge in [-0.3, -0.25) is 0 Å². The third-order valence-corrected chi connectivity index (χ3v) is 0.966. The topological polar surface area (TPSA) is 0 Å². The van der Waals surface area contributed by atoms with Crippen LogP contribution in [0.15, 0.2) is 0 Å². The van der Waals surface area contributed by atoms with E-state index < -0.39 is 0 Å². The Hall–Kier alpha value is 1.99. The summed E-state index contributed by atoms with van der Waals surface area (Å²) in [5.41, 5.74) is 0. The van der Waals surface area contributed by atoms with Gasteiger partial charge in [-0.25, -0.2) is 0 Å². The number of hydrogen-bond acceptors (Lipinski definition) is 0. The van der Waals surface area contributed by atoms with Gasteiger partial charge in [0.05, 0.1) is 0 Å². The zero-order valence-corrected chi connectivity index (χ0v) is 9.92. The molecule has 0 radical (unpaired) electrons. The first-order valence-corrected chi connectivity index (χ1v) is 2.93. The molecule has 0 bridgehead atoms. The molecule has 0 spiro atoms. The minimum absolute atomic E-state index is 0. The van der Waals surface area contributed by atoms with Gasteiger partial charge >= 0.3 is 41.3 Å². The van der Waals surface area contributed by atoms with Gasteiger partial charge in [0.2, 0.25) is 0 Å². The van der Waals surface area contributed by atoms with Gasteiger partial charge in [0.15, 0.2) is 0 Å². The van der Waals surface area contributed by atoms with Gasteiger partial charge in [-0.05, 0) is 0 Å². The molecule has 42 valence electrons. The third kappa shape index (κ3) is 18.0. The Morgan fingerprint density at radius 2 is 1.71 bits per heavy atom. The van der Waals surface area contributed by atoms with Crippen molar-refractivity contribution < 1.29 is 48.0 Å². The second-order valence-corrected chi connectivity index (χ2v) is 1.72. The number of unbranched alkanes of at least 4 members (excludes halogenated alkanes) is 1. The van der Waals surface area contributed by atoms with E-state index in [4.69, 9.17) is 0 Å². The predicted octanol–water partition coefficient (Wildman–Crippen LogP) is -4.62. The average molecular weight is 338 g/mol. The van der Waals surface area contributed by atoms with Crippen LogP contribution in [0.5, 0.6) is 0 Å². The zero-order valence-electron chi connectivity index (χ0n) is 4.45. The Balaban J connectivity index is -0.0000000800. The van der Waals surface area contributed by atoms with Crippen molar-refractivity contribution in [2.24, 2.45) is 0 Å². The molecular weight excluding hydrogens is 329 g/mol. The van der Waals surface area contributed by atoms with Gasteiger partial charge in [-0.2, -0.15) is 0 Å². The van der Waals surface area contributed by atoms with Crippen LogP contribution in [-0.4, -0.2) is 16.3 Å². The van der Waals surface area contributed by atoms with Gasteiger partial charge in [-0.15, -0.1) is 0 Å². The van der Waals surface area contributed by atoms with E-state index in [1.807, 2.05) is 0 Å². The molecule has 0 aliphatic carbocycles. The van der Waals surface area contributed by atoms with Gasteiger partial charge in [0.25, 0.3) is 0 Å². The molecule has 0 N–H and O–H groups in total. The molecule has 0 atom stereocenters. The van der Waals surface area contributed by atoms with Gasteiger partial charge in [-0.1, -0.05) is 0 Å². The van der Waals surface area contributed by atoms with E-state index in [1.165, 1.54) is 18.1 Å². The smallest absolute Gasteiger partial charge is 1.00 e. The van der Waals surface area contributed by atoms with Gasteiger partial charge in [0.1, 0.15) is 0 Å². The number of hydrogen-bond donors (Lipinski definition) is 0. The summed E-state index contributed by atoms with van der Waals surface area (Å²) in [6.45, 7) is 2.20. The van der Waals surface area contributed by atoms with Crippen LogP contribution in [-0.2, 0) is 0 Å². The Bertz CT molecular complexity index is 17.2. The van der Waals surface area contributed by atoms with Crippen molar-refractivity contribution in [2.45, 2.75) is 25.0 Å². The van der Waals surface area contributed by atoms with Crippen LogP contribution < -0.4 is 48.0 Å². The van der Waals surface area contributed by atoms with Crippen molar-refractivity contribution in [3.8, 4) is 0 Å². The van der Waals surface area contributed by atoms with Crippen LogP contribution in [0.25, 0.3) is 0 Å². The van der Waals surface area contributed by atoms with E-state index >= 15 is 0 Å². The summed E-state index contributed by atoms with van der Waals surface area (Å²) >= 11 is 2.70. The predicted molar refractivity (Wildman–Crippen MR) is 25.5 cm³/mol. The van der Waals surface area contributed by atoms with Crippen molar-refractivity contribution in [1.82, 2.24) is 0 Å². The SMILES string of the molecule is CCC[CH2][Al+2].[I-].[I-]. The molecule has 0 aromatic heterocycles. The van der Waals surface area contributed by atoms with E-state index in [1.54, 1.807) is 0 Å². The van der Waals surface area contributed by atoms with Crippen molar-refractivity contribution in [3.63, 3.8) is 0 Å². The van der Waals surface area contributed by atoms with E-state index in [0.717, 1.165) is 0 Å². The first kappa shape index (κ1) is 16.0. The Morgan fingerprint density at radius 3 is 1.71 bits per heavy atom. The fourth-order valence-electron chi connectivity index (χ4n) is 0.204. The van der Waals surface area contributed by atoms with Crippen molar-refractivity contribution in [2.75, 3.05) is 0 Å². The standard InChI is InChI=1S/C4H9.Al.2HI/c1-3-4-2;;;/h1,3-4H2,2H3;;2*1H/q;+2;;/p-2. The van der Waals surface area contributed by atoms with Crippen molar-refractivity contribution >= 4 is 16.3 Å². The normalized spacial score (nSPS) is 6.14. The quantitative estimate of drug-likeness (QED) is 0.351. The second-order valence-electron chi connectivity index (χ2n) is 1.14. The molecule has 0 aliphatic rings. The van der Waals surface area contributed by atoms with Gasteiger partial charge < -0.3 is 48.0 Å². The Labute approximate surface area is 88.3 Å². The molecule has 0 nitrogen and oxygen atoms in total. The third-order valence-electron chi connectivity index (χ3n) is 0.558. The first-order valence-electron chi connectivity index (χ1n) is 2.12. The summed E-state index contributed by atoms with van der Waals surface area (Å²) in [5, 5.41) is 1.26. The zero-order chi connectivity index (χ0) is 4.12. The minimum Gasteiger partial charge on any atom is -1.00 e. The van der Waals surface area contributed by atoms with Crippen molar-refractivity contribution in [1.29, 1.82) is 0 Å². The monoisotopic (exact) mass is 338 g/mol. The maximum absolute atomic E-state index is 2.70. The van der Waals surface area contributed by atoms with E-state index in [9.17, 15) is 0 Å². The maximum Gasteiger partial charge on any atom is -1.00 e. The molecule has 0 unspecified atom stereocenters. The molecule has 0 fully saturated rings. The van der Waals surface area contributed by atoms with Crippen molar-refractivity contribution in [3.05, 3.63) is 0 Å². The fraction of sp³-hybridized carbons (Fsp3) is 1.00. The molecule has 3 heteroatoms. The summed E-state index contributed by atoms with van der Waals surface area (Å²) in [5.74, 6) is 0. The van der Waals surface area contributed by atoms with E-state index in [-0.39, 0.29) is 48.0 Å². The van der Waals surface area contributed by atoms with Crippen LogP contribution in [0.4, 0.5) is 0 Å². The molecule has 0 saturated heterocycles. The second kappa shape index (κ2) is 15.7. The maximum atomic E-state index is 2.70. The van der Waals surface area contributed by atoms with Gasteiger partial charge in [0, 0.05) is 0 Å². The summed E-state index contributed by atoms with van der Waals surface area (Å²) in [4.78, 5) is 0. The largest absolute Gasteiger partial charge is 1.00 e. The summed E-state index contributed by atoms with van der Waals surface area (Å²) in [6.07, 6.45) is 2.67. The number of rotatable bonds is 2. The van der Waals surface area contributed by atoms with Crippen LogP contribution in [0.2, 0.25) is 5.28 Å². The van der Waals surface area contributed by atoms with Crippen LogP contribution in [0.3, 0.4) is 0 Å². The molecule has 0 heterocycles. The van der Waals surface area contributed by atoms with Crippen LogP contribution >= 0.6 is 0 Å². The van der Waals surface area contributed by atoms with E-state index in [0.29, 0.717) is 0 Å². The molecule has 0 aromatic carbocycles. The van der Waals surface area contributed by atoms with Crippen LogP contribution in [0.1, 0.15) is 19.8 Å². The van der Waals surface area contributed by atoms with Crippen LogP contribution in [0, 0.1) is 0 Å². The minimum atomic E-state index is 0. The molecule has 0 saturated carbocycles. The number of halogens is 2. The fourth-order valence-corrected chi connectivity index (χ4v) is 0.612. The summed E-state index contributed by atoms with van der Waals surface area (Å²) in [7, 11) is 0. The molecule has 7 heavy (non-hydrogen) atoms.